The zero-order valence-corrected chi connectivity index (χ0v) is 19.2. The summed E-state index contributed by atoms with van der Waals surface area (Å²) >= 11 is 0. The normalized spacial score (nSPS) is 34.3. The van der Waals surface area contributed by atoms with Crippen LogP contribution in [-0.2, 0) is 16.2 Å². The second-order valence-electron chi connectivity index (χ2n) is 10.5. The molecule has 1 atom stereocenters. The first-order valence-electron chi connectivity index (χ1n) is 11.8. The highest BCUT2D eigenvalue weighted by Crippen LogP contribution is 2.55. The van der Waals surface area contributed by atoms with Crippen LogP contribution < -0.4 is 10.6 Å². The van der Waals surface area contributed by atoms with E-state index in [1.54, 1.807) is 0 Å². The first kappa shape index (κ1) is 23.0. The van der Waals surface area contributed by atoms with E-state index >= 15 is 0 Å². The lowest BCUT2D eigenvalue weighted by atomic mass is 9.53. The lowest BCUT2D eigenvalue weighted by Crippen LogP contribution is -2.63. The second-order valence-corrected chi connectivity index (χ2v) is 12.5. The summed E-state index contributed by atoms with van der Waals surface area (Å²) in [5.74, 6) is 2.08. The first-order chi connectivity index (χ1) is 15.5. The highest BCUT2D eigenvalue weighted by molar-refractivity contribution is 7.89. The van der Waals surface area contributed by atoms with Gasteiger partial charge in [-0.25, -0.2) is 13.2 Å². The average molecular weight is 486 g/mol. The van der Waals surface area contributed by atoms with E-state index in [-0.39, 0.29) is 35.6 Å². The third kappa shape index (κ3) is 4.60. The SMILES string of the molecule is O=C(NC1CCCN(S(=O)(=O)c2cccc(C(F)(F)F)c2)C1)NC12CC3CC(CC(C3)C1)C2. The van der Waals surface area contributed by atoms with Crippen LogP contribution >= 0.6 is 0 Å². The van der Waals surface area contributed by atoms with Crippen molar-refractivity contribution in [3.8, 4) is 0 Å². The van der Waals surface area contributed by atoms with Gasteiger partial charge in [0.05, 0.1) is 10.5 Å². The van der Waals surface area contributed by atoms with Gasteiger partial charge in [-0.1, -0.05) is 6.07 Å². The summed E-state index contributed by atoms with van der Waals surface area (Å²) in [7, 11) is -4.10. The average Bonchev–Trinajstić information content (AvgIpc) is 2.72. The maximum Gasteiger partial charge on any atom is 0.416 e. The number of rotatable bonds is 4. The number of benzene rings is 1. The van der Waals surface area contributed by atoms with Crippen LogP contribution in [0.25, 0.3) is 0 Å². The molecule has 0 radical (unpaired) electrons. The van der Waals surface area contributed by atoms with Crippen molar-refractivity contribution in [3.05, 3.63) is 29.8 Å². The summed E-state index contributed by atoms with van der Waals surface area (Å²) in [6, 6.07) is 3.17. The van der Waals surface area contributed by atoms with Crippen LogP contribution in [-0.4, -0.2) is 43.4 Å². The van der Waals surface area contributed by atoms with Crippen molar-refractivity contribution in [1.29, 1.82) is 0 Å². The number of halogens is 3. The molecule has 182 valence electrons. The molecule has 1 heterocycles. The fourth-order valence-electron chi connectivity index (χ4n) is 6.99. The van der Waals surface area contributed by atoms with Gasteiger partial charge in [-0.2, -0.15) is 17.5 Å². The van der Waals surface area contributed by atoms with Gasteiger partial charge < -0.3 is 10.6 Å². The van der Waals surface area contributed by atoms with Gasteiger partial charge >= 0.3 is 12.2 Å². The van der Waals surface area contributed by atoms with Gasteiger partial charge in [0.1, 0.15) is 0 Å². The van der Waals surface area contributed by atoms with Crippen molar-refractivity contribution in [2.24, 2.45) is 17.8 Å². The van der Waals surface area contributed by atoms with Gasteiger partial charge in [-0.15, -0.1) is 0 Å². The van der Waals surface area contributed by atoms with Gasteiger partial charge in [0.15, 0.2) is 0 Å². The summed E-state index contributed by atoms with van der Waals surface area (Å²) in [6.07, 6.45) is 3.41. The molecule has 2 N–H and O–H groups in total. The Morgan fingerprint density at radius 3 is 2.30 bits per heavy atom. The summed E-state index contributed by atoms with van der Waals surface area (Å²) in [6.45, 7) is 0.264. The number of sulfonamides is 1. The Labute approximate surface area is 192 Å². The van der Waals surface area contributed by atoms with Crippen LogP contribution in [0.2, 0.25) is 0 Å². The predicted octanol–water partition coefficient (Wildman–Crippen LogP) is 4.13. The number of piperidine rings is 1. The molecule has 0 spiro atoms. The van der Waals surface area contributed by atoms with Crippen LogP contribution in [0.15, 0.2) is 29.2 Å². The number of nitrogens with zero attached hydrogens (tertiary/aromatic N) is 1. The molecule has 1 saturated heterocycles. The number of carbonyl (C=O) groups is 1. The molecule has 33 heavy (non-hydrogen) atoms. The highest BCUT2D eigenvalue weighted by atomic mass is 32.2. The standard InChI is InChI=1S/C23H30F3N3O3S/c24-23(25,26)18-3-1-5-20(10-18)33(31,32)29-6-2-4-19(14-29)27-21(30)28-22-11-15-7-16(12-22)9-17(8-15)13-22/h1,3,5,10,15-17,19H,2,4,6-9,11-14H2,(H2,27,28,30). The Morgan fingerprint density at radius 1 is 1.06 bits per heavy atom. The van der Waals surface area contributed by atoms with Gasteiger partial charge in [0, 0.05) is 24.7 Å². The van der Waals surface area contributed by atoms with Crippen LogP contribution in [0.3, 0.4) is 0 Å². The topological polar surface area (TPSA) is 78.5 Å². The lowest BCUT2D eigenvalue weighted by molar-refractivity contribution is -0.137. The van der Waals surface area contributed by atoms with Crippen molar-refractivity contribution < 1.29 is 26.4 Å². The fraction of sp³-hybridized carbons (Fsp3) is 0.696. The smallest absolute Gasteiger partial charge is 0.334 e. The Morgan fingerprint density at radius 2 is 1.70 bits per heavy atom. The fourth-order valence-corrected chi connectivity index (χ4v) is 8.56. The summed E-state index contributed by atoms with van der Waals surface area (Å²) in [4.78, 5) is 12.5. The van der Waals surface area contributed by atoms with Crippen molar-refractivity contribution in [2.75, 3.05) is 13.1 Å². The molecule has 5 fully saturated rings. The van der Waals surface area contributed by atoms with Crippen molar-refractivity contribution >= 4 is 16.1 Å². The van der Waals surface area contributed by atoms with Gasteiger partial charge in [-0.05, 0) is 87.3 Å². The molecule has 1 unspecified atom stereocenters. The first-order valence-corrected chi connectivity index (χ1v) is 13.2. The van der Waals surface area contributed by atoms with E-state index in [0.717, 1.165) is 31.4 Å². The van der Waals surface area contributed by atoms with E-state index in [9.17, 15) is 26.4 Å². The monoisotopic (exact) mass is 485 g/mol. The maximum absolute atomic E-state index is 13.0. The Bertz CT molecular complexity index is 992. The molecular weight excluding hydrogens is 455 g/mol. The number of amides is 2. The van der Waals surface area contributed by atoms with E-state index in [1.807, 2.05) is 0 Å². The minimum atomic E-state index is -4.62. The van der Waals surface area contributed by atoms with Crippen molar-refractivity contribution in [3.63, 3.8) is 0 Å². The highest BCUT2D eigenvalue weighted by Gasteiger charge is 2.51. The molecule has 0 aromatic heterocycles. The van der Waals surface area contributed by atoms with E-state index in [2.05, 4.69) is 10.6 Å². The molecule has 4 saturated carbocycles. The molecule has 2 amide bonds. The Hall–Kier alpha value is -1.81. The molecule has 1 aromatic rings. The van der Waals surface area contributed by atoms with E-state index in [1.165, 1.54) is 29.6 Å². The Kier molecular flexibility index (Phi) is 5.67. The molecule has 6 nitrogen and oxygen atoms in total. The number of carbonyl (C=O) groups excluding carboxylic acids is 1. The minimum Gasteiger partial charge on any atom is -0.334 e. The molecule has 4 bridgehead atoms. The van der Waals surface area contributed by atoms with Gasteiger partial charge in [-0.3, -0.25) is 0 Å². The Balaban J connectivity index is 1.23. The van der Waals surface area contributed by atoms with E-state index < -0.39 is 21.8 Å². The number of hydrogen-bond donors (Lipinski definition) is 2. The van der Waals surface area contributed by atoms with Crippen molar-refractivity contribution in [2.45, 2.75) is 74.0 Å². The van der Waals surface area contributed by atoms with E-state index in [0.29, 0.717) is 36.7 Å². The second kappa shape index (κ2) is 8.15. The molecular formula is C23H30F3N3O3S. The largest absolute Gasteiger partial charge is 0.416 e. The van der Waals surface area contributed by atoms with Crippen LogP contribution in [0, 0.1) is 17.8 Å². The molecule has 5 aliphatic rings. The minimum absolute atomic E-state index is 0.0485. The third-order valence-corrected chi connectivity index (χ3v) is 9.80. The number of urea groups is 1. The maximum atomic E-state index is 13.0. The quantitative estimate of drug-likeness (QED) is 0.673. The molecule has 1 aliphatic heterocycles. The van der Waals surface area contributed by atoms with Crippen LogP contribution in [0.4, 0.5) is 18.0 Å². The number of nitrogens with one attached hydrogen (secondary N) is 2. The molecule has 6 rings (SSSR count). The van der Waals surface area contributed by atoms with Crippen LogP contribution in [0.5, 0.6) is 0 Å². The number of hydrogen-bond acceptors (Lipinski definition) is 3. The van der Waals surface area contributed by atoms with Gasteiger partial charge in [0.25, 0.3) is 0 Å². The zero-order valence-electron chi connectivity index (χ0n) is 18.4. The third-order valence-electron chi connectivity index (χ3n) is 7.94. The molecule has 4 aliphatic carbocycles. The predicted molar refractivity (Wildman–Crippen MR) is 116 cm³/mol. The van der Waals surface area contributed by atoms with Crippen LogP contribution in [0.1, 0.15) is 56.9 Å². The summed E-state index contributed by atoms with van der Waals surface area (Å²) < 4.78 is 66.4. The van der Waals surface area contributed by atoms with Gasteiger partial charge in [0.2, 0.25) is 10.0 Å². The van der Waals surface area contributed by atoms with Crippen molar-refractivity contribution in [1.82, 2.24) is 14.9 Å². The summed E-state index contributed by atoms with van der Waals surface area (Å²) in [5, 5.41) is 6.19. The zero-order chi connectivity index (χ0) is 23.4. The molecule has 1 aromatic carbocycles. The number of alkyl halides is 3. The molecule has 10 heteroatoms. The lowest BCUT2D eigenvalue weighted by Gasteiger charge is -2.56. The summed E-state index contributed by atoms with van der Waals surface area (Å²) in [5.41, 5.74) is -1.14. The van der Waals surface area contributed by atoms with E-state index in [4.69, 9.17) is 0 Å².